The zero-order chi connectivity index (χ0) is 13.8. The van der Waals surface area contributed by atoms with Gasteiger partial charge in [-0.15, -0.1) is 0 Å². The van der Waals surface area contributed by atoms with Crippen molar-refractivity contribution in [1.82, 2.24) is 9.80 Å². The van der Waals surface area contributed by atoms with Gasteiger partial charge in [-0.1, -0.05) is 12.1 Å². The van der Waals surface area contributed by atoms with Gasteiger partial charge in [0.1, 0.15) is 5.82 Å². The molecule has 1 saturated heterocycles. The molecular weight excluding hydrogens is 241 g/mol. The Morgan fingerprint density at radius 1 is 1.42 bits per heavy atom. The minimum absolute atomic E-state index is 0.0810. The molecule has 1 aliphatic rings. The molecule has 3 nitrogen and oxygen atoms in total. The summed E-state index contributed by atoms with van der Waals surface area (Å²) < 4.78 is 13.2. The second kappa shape index (κ2) is 6.46. The molecule has 0 spiro atoms. The first-order valence-electron chi connectivity index (χ1n) is 7.00. The molecule has 2 unspecified atom stereocenters. The minimum atomic E-state index is -0.207. The Hall–Kier alpha value is -0.970. The molecule has 1 fully saturated rings. The molecule has 1 heterocycles. The van der Waals surface area contributed by atoms with E-state index in [9.17, 15) is 4.39 Å². The lowest BCUT2D eigenvalue weighted by Crippen LogP contribution is -2.50. The van der Waals surface area contributed by atoms with E-state index in [1.165, 1.54) is 12.1 Å². The van der Waals surface area contributed by atoms with E-state index in [-0.39, 0.29) is 11.9 Å². The van der Waals surface area contributed by atoms with Gasteiger partial charge in [-0.25, -0.2) is 4.39 Å². The van der Waals surface area contributed by atoms with E-state index in [0.717, 1.165) is 38.2 Å². The Morgan fingerprint density at radius 3 is 2.89 bits per heavy atom. The number of halogens is 1. The van der Waals surface area contributed by atoms with Crippen LogP contribution in [-0.2, 0) is 0 Å². The Balaban J connectivity index is 1.85. The van der Waals surface area contributed by atoms with Crippen LogP contribution in [-0.4, -0.2) is 49.1 Å². The molecule has 1 aromatic rings. The molecule has 1 aliphatic heterocycles. The third-order valence-corrected chi connectivity index (χ3v) is 3.97. The first-order valence-corrected chi connectivity index (χ1v) is 7.00. The lowest BCUT2D eigenvalue weighted by Gasteiger charge is -2.38. The van der Waals surface area contributed by atoms with Gasteiger partial charge in [0.25, 0.3) is 0 Å². The summed E-state index contributed by atoms with van der Waals surface area (Å²) in [4.78, 5) is 4.83. The summed E-state index contributed by atoms with van der Waals surface area (Å²) in [5.41, 5.74) is 7.04. The lowest BCUT2D eigenvalue weighted by molar-refractivity contribution is 0.0973. The average Bonchev–Trinajstić information content (AvgIpc) is 2.37. The van der Waals surface area contributed by atoms with Gasteiger partial charge < -0.3 is 10.6 Å². The van der Waals surface area contributed by atoms with Crippen LogP contribution in [0.1, 0.15) is 24.9 Å². The van der Waals surface area contributed by atoms with Gasteiger partial charge in [-0.2, -0.15) is 0 Å². The van der Waals surface area contributed by atoms with Crippen LogP contribution < -0.4 is 5.73 Å². The molecule has 19 heavy (non-hydrogen) atoms. The highest BCUT2D eigenvalue weighted by Crippen LogP contribution is 2.17. The molecule has 0 aliphatic carbocycles. The highest BCUT2D eigenvalue weighted by atomic mass is 19.1. The van der Waals surface area contributed by atoms with Crippen molar-refractivity contribution in [2.75, 3.05) is 33.2 Å². The molecule has 0 radical (unpaired) electrons. The third kappa shape index (κ3) is 4.00. The van der Waals surface area contributed by atoms with Crippen LogP contribution in [0.3, 0.4) is 0 Å². The van der Waals surface area contributed by atoms with E-state index in [1.807, 2.05) is 6.07 Å². The smallest absolute Gasteiger partial charge is 0.123 e. The molecule has 0 aromatic heterocycles. The van der Waals surface area contributed by atoms with Gasteiger partial charge in [-0.3, -0.25) is 4.90 Å². The van der Waals surface area contributed by atoms with Crippen molar-refractivity contribution >= 4 is 0 Å². The highest BCUT2D eigenvalue weighted by Gasteiger charge is 2.21. The minimum Gasteiger partial charge on any atom is -0.324 e. The van der Waals surface area contributed by atoms with Gasteiger partial charge in [0.15, 0.2) is 0 Å². The van der Waals surface area contributed by atoms with Crippen LogP contribution in [0.4, 0.5) is 4.39 Å². The molecule has 2 N–H and O–H groups in total. The summed E-state index contributed by atoms with van der Waals surface area (Å²) in [6, 6.07) is 7.11. The van der Waals surface area contributed by atoms with Crippen LogP contribution in [0.5, 0.6) is 0 Å². The van der Waals surface area contributed by atoms with Gasteiger partial charge in [0.05, 0.1) is 0 Å². The Labute approximate surface area is 115 Å². The fourth-order valence-corrected chi connectivity index (χ4v) is 2.72. The fourth-order valence-electron chi connectivity index (χ4n) is 2.72. The maximum absolute atomic E-state index is 13.2. The SMILES string of the molecule is CC1CN(C)CCN1CCC(N)c1cccc(F)c1. The summed E-state index contributed by atoms with van der Waals surface area (Å²) in [6.45, 7) is 6.54. The van der Waals surface area contributed by atoms with Crippen molar-refractivity contribution in [3.05, 3.63) is 35.6 Å². The number of nitrogens with zero attached hydrogens (tertiary/aromatic N) is 2. The van der Waals surface area contributed by atoms with E-state index >= 15 is 0 Å². The lowest BCUT2D eigenvalue weighted by atomic mass is 10.0. The Bertz CT molecular complexity index is 410. The molecule has 0 amide bonds. The van der Waals surface area contributed by atoms with Gasteiger partial charge in [-0.05, 0) is 38.1 Å². The highest BCUT2D eigenvalue weighted by molar-refractivity contribution is 5.19. The number of hydrogen-bond donors (Lipinski definition) is 1. The topological polar surface area (TPSA) is 32.5 Å². The Morgan fingerprint density at radius 2 is 2.21 bits per heavy atom. The van der Waals surface area contributed by atoms with Gasteiger partial charge in [0.2, 0.25) is 0 Å². The molecule has 2 atom stereocenters. The van der Waals surface area contributed by atoms with Crippen LogP contribution in [0.25, 0.3) is 0 Å². The number of piperazine rings is 1. The van der Waals surface area contributed by atoms with E-state index < -0.39 is 0 Å². The summed E-state index contributed by atoms with van der Waals surface area (Å²) in [5.74, 6) is -0.207. The van der Waals surface area contributed by atoms with E-state index in [2.05, 4.69) is 23.8 Å². The molecule has 4 heteroatoms. The zero-order valence-corrected chi connectivity index (χ0v) is 11.8. The molecule has 0 bridgehead atoms. The van der Waals surface area contributed by atoms with Gasteiger partial charge in [0, 0.05) is 38.3 Å². The standard InChI is InChI=1S/C15H24FN3/c1-12-11-18(2)8-9-19(12)7-6-15(17)13-4-3-5-14(16)10-13/h3-5,10,12,15H,6-9,11,17H2,1-2H3. The third-order valence-electron chi connectivity index (χ3n) is 3.97. The first-order chi connectivity index (χ1) is 9.06. The quantitative estimate of drug-likeness (QED) is 0.902. The monoisotopic (exact) mass is 265 g/mol. The number of likely N-dealkylation sites (N-methyl/N-ethyl adjacent to an activating group) is 1. The summed E-state index contributed by atoms with van der Waals surface area (Å²) in [5, 5.41) is 0. The van der Waals surface area contributed by atoms with E-state index in [0.29, 0.717) is 6.04 Å². The number of benzene rings is 1. The molecule has 0 saturated carbocycles. The number of nitrogens with two attached hydrogens (primary N) is 1. The van der Waals surface area contributed by atoms with Crippen molar-refractivity contribution in [2.24, 2.45) is 5.73 Å². The largest absolute Gasteiger partial charge is 0.324 e. The average molecular weight is 265 g/mol. The predicted molar refractivity (Wildman–Crippen MR) is 76.5 cm³/mol. The summed E-state index contributed by atoms with van der Waals surface area (Å²) >= 11 is 0. The number of rotatable bonds is 4. The second-order valence-corrected chi connectivity index (χ2v) is 5.60. The van der Waals surface area contributed by atoms with Crippen molar-refractivity contribution in [1.29, 1.82) is 0 Å². The molecule has 2 rings (SSSR count). The van der Waals surface area contributed by atoms with Crippen LogP contribution in [0.15, 0.2) is 24.3 Å². The maximum Gasteiger partial charge on any atom is 0.123 e. The summed E-state index contributed by atoms with van der Waals surface area (Å²) in [6.07, 6.45) is 0.873. The number of hydrogen-bond acceptors (Lipinski definition) is 3. The van der Waals surface area contributed by atoms with Crippen molar-refractivity contribution in [3.63, 3.8) is 0 Å². The van der Waals surface area contributed by atoms with Crippen molar-refractivity contribution in [3.8, 4) is 0 Å². The van der Waals surface area contributed by atoms with Crippen LogP contribution in [0.2, 0.25) is 0 Å². The zero-order valence-electron chi connectivity index (χ0n) is 11.8. The van der Waals surface area contributed by atoms with Crippen molar-refractivity contribution in [2.45, 2.75) is 25.4 Å². The fraction of sp³-hybridized carbons (Fsp3) is 0.600. The van der Waals surface area contributed by atoms with Crippen molar-refractivity contribution < 1.29 is 4.39 Å². The second-order valence-electron chi connectivity index (χ2n) is 5.60. The summed E-state index contributed by atoms with van der Waals surface area (Å²) in [7, 11) is 2.16. The van der Waals surface area contributed by atoms with Crippen LogP contribution in [0, 0.1) is 5.82 Å². The van der Waals surface area contributed by atoms with E-state index in [4.69, 9.17) is 5.73 Å². The molecular formula is C15H24FN3. The normalized spacial score (nSPS) is 23.5. The maximum atomic E-state index is 13.2. The predicted octanol–water partition coefficient (Wildman–Crippen LogP) is 1.85. The van der Waals surface area contributed by atoms with E-state index in [1.54, 1.807) is 6.07 Å². The van der Waals surface area contributed by atoms with Crippen LogP contribution >= 0.6 is 0 Å². The molecule has 1 aromatic carbocycles. The molecule has 106 valence electrons. The Kier molecular flexibility index (Phi) is 4.91. The first kappa shape index (κ1) is 14.4. The van der Waals surface area contributed by atoms with Gasteiger partial charge >= 0.3 is 0 Å².